The third-order valence-electron chi connectivity index (χ3n) is 2.46. The molecule has 2 N–H and O–H groups in total. The van der Waals surface area contributed by atoms with E-state index in [0.29, 0.717) is 0 Å². The van der Waals surface area contributed by atoms with E-state index in [1.165, 1.54) is 4.70 Å². The van der Waals surface area contributed by atoms with Crippen LogP contribution in [0.15, 0.2) is 30.5 Å². The minimum absolute atomic E-state index is 0.289. The average molecular weight is 242 g/mol. The van der Waals surface area contributed by atoms with Crippen molar-refractivity contribution in [1.29, 1.82) is 0 Å². The Morgan fingerprint density at radius 3 is 2.88 bits per heavy atom. The number of hydrogen-bond acceptors (Lipinski definition) is 5. The van der Waals surface area contributed by atoms with Crippen molar-refractivity contribution in [2.24, 2.45) is 0 Å². The zero-order valence-corrected chi connectivity index (χ0v) is 10.0. The molecule has 3 aromatic rings. The number of aryl methyl sites for hydroxylation is 1. The molecule has 0 spiro atoms. The molecule has 4 nitrogen and oxygen atoms in total. The van der Waals surface area contributed by atoms with Gasteiger partial charge in [-0.1, -0.05) is 6.07 Å². The fraction of sp³-hybridized carbons (Fsp3) is 0.0833. The van der Waals surface area contributed by atoms with E-state index in [2.05, 4.69) is 21.0 Å². The van der Waals surface area contributed by atoms with Gasteiger partial charge in [-0.25, -0.2) is 15.0 Å². The molecule has 0 saturated heterocycles. The molecule has 1 aromatic carbocycles. The van der Waals surface area contributed by atoms with E-state index in [4.69, 9.17) is 5.73 Å². The molecule has 0 atom stereocenters. The van der Waals surface area contributed by atoms with Crippen LogP contribution < -0.4 is 5.73 Å². The number of nitrogens with zero attached hydrogens (tertiary/aromatic N) is 3. The van der Waals surface area contributed by atoms with Crippen molar-refractivity contribution >= 4 is 27.5 Å². The first-order chi connectivity index (χ1) is 8.22. The highest BCUT2D eigenvalue weighted by molar-refractivity contribution is 7.18. The van der Waals surface area contributed by atoms with Gasteiger partial charge in [-0.2, -0.15) is 0 Å². The van der Waals surface area contributed by atoms with E-state index in [1.54, 1.807) is 17.5 Å². The van der Waals surface area contributed by atoms with Gasteiger partial charge in [-0.3, -0.25) is 0 Å². The predicted molar refractivity (Wildman–Crippen MR) is 69.8 cm³/mol. The molecule has 0 amide bonds. The highest BCUT2D eigenvalue weighted by atomic mass is 32.1. The Morgan fingerprint density at radius 2 is 2.06 bits per heavy atom. The third kappa shape index (κ3) is 1.85. The van der Waals surface area contributed by atoms with Gasteiger partial charge >= 0.3 is 0 Å². The topological polar surface area (TPSA) is 64.7 Å². The van der Waals surface area contributed by atoms with Gasteiger partial charge in [0.25, 0.3) is 0 Å². The Balaban J connectivity index is 2.17. The largest absolute Gasteiger partial charge is 0.368 e. The van der Waals surface area contributed by atoms with E-state index in [9.17, 15) is 0 Å². The summed E-state index contributed by atoms with van der Waals surface area (Å²) in [5.74, 6) is 0.289. The lowest BCUT2D eigenvalue weighted by Gasteiger charge is -2.00. The zero-order valence-electron chi connectivity index (χ0n) is 9.21. The Morgan fingerprint density at radius 1 is 1.18 bits per heavy atom. The van der Waals surface area contributed by atoms with Crippen LogP contribution in [-0.4, -0.2) is 15.0 Å². The van der Waals surface area contributed by atoms with Crippen LogP contribution in [0.25, 0.3) is 21.5 Å². The van der Waals surface area contributed by atoms with E-state index < -0.39 is 0 Å². The van der Waals surface area contributed by atoms with E-state index in [-0.39, 0.29) is 5.95 Å². The highest BCUT2D eigenvalue weighted by Gasteiger charge is 2.04. The molecule has 0 aliphatic carbocycles. The second-order valence-corrected chi connectivity index (χ2v) is 4.95. The molecule has 3 rings (SSSR count). The lowest BCUT2D eigenvalue weighted by Crippen LogP contribution is -1.94. The van der Waals surface area contributed by atoms with Crippen LogP contribution in [0.1, 0.15) is 5.01 Å². The number of thiazole rings is 1. The Labute approximate surface area is 102 Å². The molecule has 0 fully saturated rings. The summed E-state index contributed by atoms with van der Waals surface area (Å²) in [5.41, 5.74) is 8.41. The minimum Gasteiger partial charge on any atom is -0.368 e. The standard InChI is InChI=1S/C12H10N4S/c1-7-15-10-6-8(2-3-11(10)17-7)9-4-5-14-12(13)16-9/h2-6H,1H3,(H2,13,14,16). The van der Waals surface area contributed by atoms with Gasteiger partial charge in [-0.15, -0.1) is 11.3 Å². The maximum Gasteiger partial charge on any atom is 0.220 e. The highest BCUT2D eigenvalue weighted by Crippen LogP contribution is 2.26. The van der Waals surface area contributed by atoms with Gasteiger partial charge in [-0.05, 0) is 25.1 Å². The van der Waals surface area contributed by atoms with Crippen molar-refractivity contribution in [3.05, 3.63) is 35.5 Å². The van der Waals surface area contributed by atoms with Gasteiger partial charge < -0.3 is 5.73 Å². The molecule has 84 valence electrons. The van der Waals surface area contributed by atoms with Gasteiger partial charge in [0, 0.05) is 11.8 Å². The van der Waals surface area contributed by atoms with Crippen molar-refractivity contribution in [2.75, 3.05) is 5.73 Å². The quantitative estimate of drug-likeness (QED) is 0.712. The summed E-state index contributed by atoms with van der Waals surface area (Å²) >= 11 is 1.69. The maximum atomic E-state index is 5.58. The van der Waals surface area contributed by atoms with Crippen molar-refractivity contribution in [2.45, 2.75) is 6.92 Å². The first-order valence-corrected chi connectivity index (χ1v) is 6.00. The monoisotopic (exact) mass is 242 g/mol. The van der Waals surface area contributed by atoms with Crippen LogP contribution >= 0.6 is 11.3 Å². The first kappa shape index (κ1) is 10.2. The third-order valence-corrected chi connectivity index (χ3v) is 3.42. The van der Waals surface area contributed by atoms with Crippen molar-refractivity contribution < 1.29 is 0 Å². The summed E-state index contributed by atoms with van der Waals surface area (Å²) in [7, 11) is 0. The SMILES string of the molecule is Cc1nc2cc(-c3ccnc(N)n3)ccc2s1. The molecule has 0 radical (unpaired) electrons. The normalized spacial score (nSPS) is 10.9. The summed E-state index contributed by atoms with van der Waals surface area (Å²) in [6, 6.07) is 7.96. The van der Waals surface area contributed by atoms with Crippen LogP contribution in [0.4, 0.5) is 5.95 Å². The van der Waals surface area contributed by atoms with Crippen molar-refractivity contribution in [3.8, 4) is 11.3 Å². The van der Waals surface area contributed by atoms with Crippen molar-refractivity contribution in [1.82, 2.24) is 15.0 Å². The van der Waals surface area contributed by atoms with Crippen molar-refractivity contribution in [3.63, 3.8) is 0 Å². The number of benzene rings is 1. The lowest BCUT2D eigenvalue weighted by molar-refractivity contribution is 1.19. The van der Waals surface area contributed by atoms with Crippen LogP contribution in [0.5, 0.6) is 0 Å². The molecular formula is C12H10N4S. The van der Waals surface area contributed by atoms with Crippen LogP contribution in [-0.2, 0) is 0 Å². The van der Waals surface area contributed by atoms with Gasteiger partial charge in [0.05, 0.1) is 20.9 Å². The molecule has 0 saturated carbocycles. The lowest BCUT2D eigenvalue weighted by atomic mass is 10.1. The number of nitrogens with two attached hydrogens (primary N) is 1. The van der Waals surface area contributed by atoms with E-state index in [1.807, 2.05) is 25.1 Å². The van der Waals surface area contributed by atoms with Crippen LogP contribution in [0, 0.1) is 6.92 Å². The number of anilines is 1. The van der Waals surface area contributed by atoms with Gasteiger partial charge in [0.1, 0.15) is 0 Å². The summed E-state index contributed by atoms with van der Waals surface area (Å²) in [6.45, 7) is 2.01. The Bertz CT molecular complexity index is 690. The molecule has 2 aromatic heterocycles. The Hall–Kier alpha value is -2.01. The second kappa shape index (κ2) is 3.78. The fourth-order valence-electron chi connectivity index (χ4n) is 1.74. The molecule has 0 bridgehead atoms. The summed E-state index contributed by atoms with van der Waals surface area (Å²) in [6.07, 6.45) is 1.66. The molecule has 0 aliphatic rings. The molecule has 5 heteroatoms. The number of nitrogen functional groups attached to an aromatic ring is 1. The van der Waals surface area contributed by atoms with Crippen LogP contribution in [0.2, 0.25) is 0 Å². The second-order valence-electron chi connectivity index (χ2n) is 3.72. The minimum atomic E-state index is 0.289. The number of hydrogen-bond donors (Lipinski definition) is 1. The first-order valence-electron chi connectivity index (χ1n) is 5.18. The van der Waals surface area contributed by atoms with E-state index in [0.717, 1.165) is 21.8 Å². The average Bonchev–Trinajstić information content (AvgIpc) is 2.68. The van der Waals surface area contributed by atoms with Gasteiger partial charge in [0.15, 0.2) is 0 Å². The summed E-state index contributed by atoms with van der Waals surface area (Å²) in [4.78, 5) is 12.5. The van der Waals surface area contributed by atoms with Crippen LogP contribution in [0.3, 0.4) is 0 Å². The number of rotatable bonds is 1. The number of aromatic nitrogens is 3. The summed E-state index contributed by atoms with van der Waals surface area (Å²) < 4.78 is 1.19. The molecule has 2 heterocycles. The van der Waals surface area contributed by atoms with Gasteiger partial charge in [0.2, 0.25) is 5.95 Å². The summed E-state index contributed by atoms with van der Waals surface area (Å²) in [5, 5.41) is 1.07. The smallest absolute Gasteiger partial charge is 0.220 e. The maximum absolute atomic E-state index is 5.58. The Kier molecular flexibility index (Phi) is 2.26. The fourth-order valence-corrected chi connectivity index (χ4v) is 2.54. The zero-order chi connectivity index (χ0) is 11.8. The number of fused-ring (bicyclic) bond motifs is 1. The molecular weight excluding hydrogens is 232 g/mol. The molecule has 0 aliphatic heterocycles. The predicted octanol–water partition coefficient (Wildman–Crippen LogP) is 2.64. The molecule has 17 heavy (non-hydrogen) atoms. The van der Waals surface area contributed by atoms with E-state index >= 15 is 0 Å². The molecule has 0 unspecified atom stereocenters.